The van der Waals surface area contributed by atoms with E-state index in [1.54, 1.807) is 11.7 Å². The van der Waals surface area contributed by atoms with E-state index in [1.807, 2.05) is 24.5 Å². The van der Waals surface area contributed by atoms with Gasteiger partial charge in [0.15, 0.2) is 0 Å². The molecule has 0 saturated carbocycles. The van der Waals surface area contributed by atoms with Crippen molar-refractivity contribution >= 4 is 22.8 Å². The van der Waals surface area contributed by atoms with Crippen molar-refractivity contribution < 1.29 is 14.4 Å². The van der Waals surface area contributed by atoms with E-state index in [-0.39, 0.29) is 17.5 Å². The third-order valence-electron chi connectivity index (χ3n) is 5.56. The van der Waals surface area contributed by atoms with Crippen LogP contribution in [0.25, 0.3) is 21.9 Å². The summed E-state index contributed by atoms with van der Waals surface area (Å²) in [5.74, 6) is -0.134. The van der Waals surface area contributed by atoms with Gasteiger partial charge in [0.25, 0.3) is 5.91 Å². The van der Waals surface area contributed by atoms with Gasteiger partial charge in [-0.3, -0.25) is 14.5 Å². The van der Waals surface area contributed by atoms with Crippen LogP contribution in [0.5, 0.6) is 0 Å². The molecule has 1 amide bonds. The number of carbonyl (C=O) groups excluding carboxylic acids is 3. The van der Waals surface area contributed by atoms with Crippen LogP contribution >= 0.6 is 0 Å². The molecule has 0 atom stereocenters. The zero-order valence-corrected chi connectivity index (χ0v) is 20.0. The second-order valence-corrected chi connectivity index (χ2v) is 9.12. The zero-order chi connectivity index (χ0) is 24.9. The molecule has 0 spiro atoms. The highest BCUT2D eigenvalue weighted by atomic mass is 16.2. The molecule has 0 unspecified atom stereocenters. The van der Waals surface area contributed by atoms with Crippen molar-refractivity contribution in [2.24, 2.45) is 7.05 Å². The number of fused-ring (bicyclic) bond motifs is 1. The van der Waals surface area contributed by atoms with Crippen molar-refractivity contribution in [3.05, 3.63) is 83.4 Å². The van der Waals surface area contributed by atoms with E-state index in [2.05, 4.69) is 79.5 Å². The Labute approximate surface area is 198 Å². The fourth-order valence-electron chi connectivity index (χ4n) is 3.78. The van der Waals surface area contributed by atoms with E-state index >= 15 is 0 Å². The summed E-state index contributed by atoms with van der Waals surface area (Å²) >= 11 is 0. The van der Waals surface area contributed by atoms with Crippen LogP contribution in [0.15, 0.2) is 60.9 Å². The molecular formula is C27H28N4O3. The quantitative estimate of drug-likeness (QED) is 0.485. The molecular weight excluding hydrogens is 428 g/mol. The highest BCUT2D eigenvalue weighted by molar-refractivity contribution is 5.98. The number of amides is 1. The standard InChI is InChI=1S/C26H28N4O.CO2/c1-17-7-6-8-18(13-17)20-10-9-19(22-16-27-12-11-21(20)22)15-28-25(31)23-14-24(26(2,3)4)29-30(23)5;2-1-3/h6-14,16H,15H2,1-5H3,(H,28,31);. The largest absolute Gasteiger partial charge is 0.373 e. The predicted molar refractivity (Wildman–Crippen MR) is 130 cm³/mol. The maximum Gasteiger partial charge on any atom is 0.373 e. The van der Waals surface area contributed by atoms with Gasteiger partial charge in [0, 0.05) is 36.8 Å². The van der Waals surface area contributed by atoms with E-state index in [0.29, 0.717) is 12.2 Å². The Bertz CT molecular complexity index is 1360. The van der Waals surface area contributed by atoms with Gasteiger partial charge in [-0.25, -0.2) is 0 Å². The lowest BCUT2D eigenvalue weighted by Crippen LogP contribution is -2.25. The van der Waals surface area contributed by atoms with Crippen molar-refractivity contribution in [2.45, 2.75) is 39.7 Å². The van der Waals surface area contributed by atoms with Crippen molar-refractivity contribution in [3.63, 3.8) is 0 Å². The molecule has 7 heteroatoms. The Morgan fingerprint density at radius 3 is 2.44 bits per heavy atom. The van der Waals surface area contributed by atoms with Crippen molar-refractivity contribution in [2.75, 3.05) is 0 Å². The van der Waals surface area contributed by atoms with Gasteiger partial charge in [-0.15, -0.1) is 0 Å². The summed E-state index contributed by atoms with van der Waals surface area (Å²) in [5.41, 5.74) is 5.95. The van der Waals surface area contributed by atoms with Crippen LogP contribution in [-0.2, 0) is 28.6 Å². The minimum Gasteiger partial charge on any atom is -0.347 e. The van der Waals surface area contributed by atoms with Gasteiger partial charge in [0.05, 0.1) is 5.69 Å². The number of pyridine rings is 1. The summed E-state index contributed by atoms with van der Waals surface area (Å²) in [5, 5.41) is 9.73. The molecule has 2 aromatic carbocycles. The first-order valence-corrected chi connectivity index (χ1v) is 10.9. The maximum atomic E-state index is 12.9. The van der Waals surface area contributed by atoms with Gasteiger partial charge in [0.1, 0.15) is 5.69 Å². The first-order chi connectivity index (χ1) is 16.2. The third-order valence-corrected chi connectivity index (χ3v) is 5.56. The lowest BCUT2D eigenvalue weighted by atomic mass is 9.92. The zero-order valence-electron chi connectivity index (χ0n) is 20.0. The molecule has 0 aliphatic carbocycles. The summed E-state index contributed by atoms with van der Waals surface area (Å²) in [4.78, 5) is 33.4. The third kappa shape index (κ3) is 5.45. The number of aromatic nitrogens is 3. The van der Waals surface area contributed by atoms with Crippen LogP contribution in [0.3, 0.4) is 0 Å². The molecule has 2 aromatic heterocycles. The second kappa shape index (κ2) is 10.2. The molecule has 0 bridgehead atoms. The van der Waals surface area contributed by atoms with E-state index in [1.165, 1.54) is 11.1 Å². The van der Waals surface area contributed by atoms with Crippen LogP contribution in [0.1, 0.15) is 48.1 Å². The Hall–Kier alpha value is -4.09. The van der Waals surface area contributed by atoms with Crippen molar-refractivity contribution in [1.29, 1.82) is 0 Å². The molecule has 0 aliphatic rings. The molecule has 34 heavy (non-hydrogen) atoms. The van der Waals surface area contributed by atoms with E-state index in [0.717, 1.165) is 27.6 Å². The van der Waals surface area contributed by atoms with Gasteiger partial charge in [0.2, 0.25) is 0 Å². The van der Waals surface area contributed by atoms with E-state index in [9.17, 15) is 4.79 Å². The monoisotopic (exact) mass is 456 g/mol. The van der Waals surface area contributed by atoms with Gasteiger partial charge < -0.3 is 5.32 Å². The molecule has 0 radical (unpaired) electrons. The molecule has 0 aliphatic heterocycles. The number of nitrogens with one attached hydrogen (secondary N) is 1. The summed E-state index contributed by atoms with van der Waals surface area (Å²) in [7, 11) is 1.81. The Morgan fingerprint density at radius 1 is 1.06 bits per heavy atom. The minimum absolute atomic E-state index is 0.107. The molecule has 1 N–H and O–H groups in total. The fraction of sp³-hybridized carbons (Fsp3) is 0.259. The SMILES string of the molecule is Cc1cccc(-c2ccc(CNC(=O)c3cc(C(C)(C)C)nn3C)c3cnccc23)c1.O=C=O. The smallest absolute Gasteiger partial charge is 0.347 e. The van der Waals surface area contributed by atoms with Crippen molar-refractivity contribution in [1.82, 2.24) is 20.1 Å². The second-order valence-electron chi connectivity index (χ2n) is 9.12. The Balaban J connectivity index is 0.00000103. The Morgan fingerprint density at radius 2 is 1.79 bits per heavy atom. The number of hydrogen-bond donors (Lipinski definition) is 1. The summed E-state index contributed by atoms with van der Waals surface area (Å²) < 4.78 is 1.65. The van der Waals surface area contributed by atoms with Crippen LogP contribution in [0.2, 0.25) is 0 Å². The molecule has 7 nitrogen and oxygen atoms in total. The van der Waals surface area contributed by atoms with Gasteiger partial charge in [-0.05, 0) is 41.1 Å². The molecule has 174 valence electrons. The first-order valence-electron chi connectivity index (χ1n) is 10.9. The summed E-state index contributed by atoms with van der Waals surface area (Å²) in [6.07, 6.45) is 3.94. The number of hydrogen-bond acceptors (Lipinski definition) is 5. The predicted octanol–water partition coefficient (Wildman–Crippen LogP) is 4.59. The lowest BCUT2D eigenvalue weighted by Gasteiger charge is -2.13. The van der Waals surface area contributed by atoms with Crippen LogP contribution in [0.4, 0.5) is 0 Å². The van der Waals surface area contributed by atoms with Gasteiger partial charge in [-0.1, -0.05) is 62.7 Å². The van der Waals surface area contributed by atoms with Crippen LogP contribution < -0.4 is 5.32 Å². The molecule has 4 aromatic rings. The maximum absolute atomic E-state index is 12.9. The van der Waals surface area contributed by atoms with Crippen LogP contribution in [0, 0.1) is 6.92 Å². The number of nitrogens with zero attached hydrogens (tertiary/aromatic N) is 3. The Kier molecular flexibility index (Phi) is 7.39. The normalized spacial score (nSPS) is 10.9. The number of carbonyl (C=O) groups is 1. The highest BCUT2D eigenvalue weighted by Gasteiger charge is 2.21. The summed E-state index contributed by atoms with van der Waals surface area (Å²) in [6, 6.07) is 16.6. The number of aryl methyl sites for hydroxylation is 2. The van der Waals surface area contributed by atoms with Crippen molar-refractivity contribution in [3.8, 4) is 11.1 Å². The van der Waals surface area contributed by atoms with Crippen LogP contribution in [-0.4, -0.2) is 26.8 Å². The topological polar surface area (TPSA) is 93.9 Å². The lowest BCUT2D eigenvalue weighted by molar-refractivity contribution is -0.191. The van der Waals surface area contributed by atoms with E-state index < -0.39 is 0 Å². The highest BCUT2D eigenvalue weighted by Crippen LogP contribution is 2.31. The average molecular weight is 457 g/mol. The fourth-order valence-corrected chi connectivity index (χ4v) is 3.78. The molecule has 0 fully saturated rings. The molecule has 0 saturated heterocycles. The van der Waals surface area contributed by atoms with Gasteiger partial charge >= 0.3 is 6.15 Å². The average Bonchev–Trinajstić information content (AvgIpc) is 3.20. The number of rotatable bonds is 4. The minimum atomic E-state index is -0.134. The van der Waals surface area contributed by atoms with E-state index in [4.69, 9.17) is 9.59 Å². The number of benzene rings is 2. The summed E-state index contributed by atoms with van der Waals surface area (Å²) in [6.45, 7) is 8.79. The molecule has 4 rings (SSSR count). The molecule has 2 heterocycles. The first kappa shape index (κ1) is 24.6. The van der Waals surface area contributed by atoms with Gasteiger partial charge in [-0.2, -0.15) is 14.7 Å².